The van der Waals surface area contributed by atoms with E-state index in [1.807, 2.05) is 13.8 Å². The van der Waals surface area contributed by atoms with Crippen molar-refractivity contribution in [2.24, 2.45) is 5.92 Å². The smallest absolute Gasteiger partial charge is 0.325 e. The molecule has 0 bridgehead atoms. The summed E-state index contributed by atoms with van der Waals surface area (Å²) in [6.07, 6.45) is 1.33. The Hall–Kier alpha value is -1.15. The maximum atomic E-state index is 11.8. The number of hydrogen-bond donors (Lipinski definition) is 2. The maximum absolute atomic E-state index is 11.8. The number of sulfonamides is 1. The van der Waals surface area contributed by atoms with Crippen molar-refractivity contribution in [1.29, 1.82) is 0 Å². The van der Waals surface area contributed by atoms with Crippen molar-refractivity contribution in [3.8, 4) is 0 Å². The molecule has 1 atom stereocenters. The molecule has 0 fully saturated rings. The van der Waals surface area contributed by atoms with E-state index in [9.17, 15) is 18.0 Å². The Bertz CT molecular complexity index is 405. The van der Waals surface area contributed by atoms with Crippen LogP contribution in [-0.4, -0.2) is 45.7 Å². The van der Waals surface area contributed by atoms with Gasteiger partial charge >= 0.3 is 5.97 Å². The highest BCUT2D eigenvalue weighted by Crippen LogP contribution is 2.05. The fourth-order valence-electron chi connectivity index (χ4n) is 1.43. The lowest BCUT2D eigenvalue weighted by Crippen LogP contribution is -2.48. The molecular formula is C11H22N2O5S. The van der Waals surface area contributed by atoms with Crippen molar-refractivity contribution in [2.45, 2.75) is 33.2 Å². The van der Waals surface area contributed by atoms with Gasteiger partial charge in [-0.3, -0.25) is 9.59 Å². The van der Waals surface area contributed by atoms with Gasteiger partial charge in [0.2, 0.25) is 15.9 Å². The van der Waals surface area contributed by atoms with Crippen LogP contribution in [0.5, 0.6) is 0 Å². The highest BCUT2D eigenvalue weighted by Gasteiger charge is 2.23. The van der Waals surface area contributed by atoms with Crippen LogP contribution in [0.4, 0.5) is 0 Å². The first-order valence-corrected chi connectivity index (χ1v) is 7.95. The van der Waals surface area contributed by atoms with Crippen LogP contribution in [0.1, 0.15) is 27.2 Å². The number of ether oxygens (including phenoxy) is 1. The highest BCUT2D eigenvalue weighted by molar-refractivity contribution is 7.88. The quantitative estimate of drug-likeness (QED) is 0.595. The number of rotatable bonds is 8. The molecular weight excluding hydrogens is 272 g/mol. The van der Waals surface area contributed by atoms with Crippen molar-refractivity contribution in [3.05, 3.63) is 0 Å². The Kier molecular flexibility index (Phi) is 7.62. The Balaban J connectivity index is 4.50. The third-order valence-electron chi connectivity index (χ3n) is 2.09. The second-order valence-corrected chi connectivity index (χ2v) is 6.38. The molecule has 112 valence electrons. The van der Waals surface area contributed by atoms with E-state index in [1.165, 1.54) is 0 Å². The fraction of sp³-hybridized carbons (Fsp3) is 0.818. The van der Waals surface area contributed by atoms with Gasteiger partial charge in [-0.2, -0.15) is 0 Å². The van der Waals surface area contributed by atoms with Gasteiger partial charge in [-0.25, -0.2) is 13.1 Å². The number of amides is 1. The molecule has 0 saturated heterocycles. The van der Waals surface area contributed by atoms with Crippen LogP contribution in [0.2, 0.25) is 0 Å². The minimum absolute atomic E-state index is 0.132. The van der Waals surface area contributed by atoms with E-state index in [2.05, 4.69) is 14.8 Å². The molecule has 0 aromatic carbocycles. The maximum Gasteiger partial charge on any atom is 0.325 e. The summed E-state index contributed by atoms with van der Waals surface area (Å²) in [5.41, 5.74) is 0. The van der Waals surface area contributed by atoms with Gasteiger partial charge in [-0.15, -0.1) is 0 Å². The number of esters is 1. The fourth-order valence-corrected chi connectivity index (χ4v) is 2.15. The molecule has 0 aromatic heterocycles. The second-order valence-electron chi connectivity index (χ2n) is 4.59. The molecule has 0 aliphatic rings. The predicted molar refractivity (Wildman–Crippen MR) is 70.9 cm³/mol. The predicted octanol–water partition coefficient (Wildman–Crippen LogP) is -0.370. The highest BCUT2D eigenvalue weighted by atomic mass is 32.2. The summed E-state index contributed by atoms with van der Waals surface area (Å²) in [7, 11) is -3.49. The van der Waals surface area contributed by atoms with Crippen molar-refractivity contribution < 1.29 is 22.7 Å². The largest absolute Gasteiger partial charge is 0.465 e. The van der Waals surface area contributed by atoms with Crippen molar-refractivity contribution >= 4 is 21.9 Å². The Morgan fingerprint density at radius 2 is 1.84 bits per heavy atom. The zero-order valence-electron chi connectivity index (χ0n) is 11.7. The lowest BCUT2D eigenvalue weighted by molar-refractivity contribution is -0.143. The number of carbonyl (C=O) groups is 2. The van der Waals surface area contributed by atoms with Crippen molar-refractivity contribution in [2.75, 3.05) is 19.4 Å². The molecule has 0 rings (SSSR count). The first kappa shape index (κ1) is 17.8. The van der Waals surface area contributed by atoms with E-state index in [4.69, 9.17) is 0 Å². The summed E-state index contributed by atoms with van der Waals surface area (Å²) >= 11 is 0. The van der Waals surface area contributed by atoms with Crippen molar-refractivity contribution in [3.63, 3.8) is 0 Å². The molecule has 0 spiro atoms. The molecule has 2 N–H and O–H groups in total. The van der Waals surface area contributed by atoms with E-state index in [0.29, 0.717) is 6.42 Å². The van der Waals surface area contributed by atoms with Crippen molar-refractivity contribution in [1.82, 2.24) is 10.0 Å². The van der Waals surface area contributed by atoms with Crippen LogP contribution in [0.3, 0.4) is 0 Å². The lowest BCUT2D eigenvalue weighted by Gasteiger charge is -2.18. The number of hydrogen-bond acceptors (Lipinski definition) is 5. The zero-order chi connectivity index (χ0) is 15.1. The summed E-state index contributed by atoms with van der Waals surface area (Å²) in [6.45, 7) is 5.36. The number of nitrogens with one attached hydrogen (secondary N) is 2. The molecule has 1 unspecified atom stereocenters. The van der Waals surface area contributed by atoms with E-state index >= 15 is 0 Å². The summed E-state index contributed by atoms with van der Waals surface area (Å²) < 4.78 is 29.3. The normalized spacial score (nSPS) is 13.1. The topological polar surface area (TPSA) is 102 Å². The molecule has 0 aliphatic heterocycles. The molecule has 0 radical (unpaired) electrons. The molecule has 19 heavy (non-hydrogen) atoms. The summed E-state index contributed by atoms with van der Waals surface area (Å²) in [4.78, 5) is 22.9. The van der Waals surface area contributed by atoms with Crippen LogP contribution >= 0.6 is 0 Å². The van der Waals surface area contributed by atoms with Gasteiger partial charge in [-0.1, -0.05) is 13.8 Å². The van der Waals surface area contributed by atoms with E-state index < -0.39 is 27.9 Å². The molecule has 0 aliphatic carbocycles. The van der Waals surface area contributed by atoms with E-state index in [-0.39, 0.29) is 19.1 Å². The van der Waals surface area contributed by atoms with Crippen LogP contribution in [-0.2, 0) is 24.3 Å². The molecule has 0 aromatic rings. The monoisotopic (exact) mass is 294 g/mol. The Morgan fingerprint density at radius 3 is 2.26 bits per heavy atom. The molecule has 0 saturated carbocycles. The summed E-state index contributed by atoms with van der Waals surface area (Å²) in [5, 5.41) is 2.35. The Morgan fingerprint density at radius 1 is 1.26 bits per heavy atom. The van der Waals surface area contributed by atoms with Gasteiger partial charge in [0.15, 0.2) is 0 Å². The first-order chi connectivity index (χ1) is 8.65. The second kappa shape index (κ2) is 8.11. The summed E-state index contributed by atoms with van der Waals surface area (Å²) in [5.74, 6) is -0.960. The first-order valence-electron chi connectivity index (χ1n) is 6.06. The minimum Gasteiger partial charge on any atom is -0.465 e. The van der Waals surface area contributed by atoms with Gasteiger partial charge in [0.05, 0.1) is 12.9 Å². The van der Waals surface area contributed by atoms with Gasteiger partial charge in [0.1, 0.15) is 12.6 Å². The van der Waals surface area contributed by atoms with Gasteiger partial charge in [0, 0.05) is 0 Å². The zero-order valence-corrected chi connectivity index (χ0v) is 12.5. The third kappa shape index (κ3) is 9.43. The molecule has 1 amide bonds. The third-order valence-corrected chi connectivity index (χ3v) is 2.80. The minimum atomic E-state index is -3.49. The SMILES string of the molecule is CCOC(=O)CNC(=O)C(CC(C)C)NS(C)(=O)=O. The van der Waals surface area contributed by atoms with Crippen LogP contribution < -0.4 is 10.0 Å². The molecule has 8 heteroatoms. The molecule has 7 nitrogen and oxygen atoms in total. The van der Waals surface area contributed by atoms with Crippen LogP contribution in [0, 0.1) is 5.92 Å². The van der Waals surface area contributed by atoms with Crippen LogP contribution in [0.25, 0.3) is 0 Å². The van der Waals surface area contributed by atoms with E-state index in [0.717, 1.165) is 6.26 Å². The van der Waals surface area contributed by atoms with Crippen LogP contribution in [0.15, 0.2) is 0 Å². The Labute approximate surface area is 114 Å². The van der Waals surface area contributed by atoms with Gasteiger partial charge in [0.25, 0.3) is 0 Å². The average molecular weight is 294 g/mol. The lowest BCUT2D eigenvalue weighted by atomic mass is 10.0. The average Bonchev–Trinajstić information content (AvgIpc) is 2.22. The molecule has 0 heterocycles. The summed E-state index contributed by atoms with van der Waals surface area (Å²) in [6, 6.07) is -0.885. The van der Waals surface area contributed by atoms with Gasteiger partial charge < -0.3 is 10.1 Å². The standard InChI is InChI=1S/C11H22N2O5S/c1-5-18-10(14)7-12-11(15)9(6-8(2)3)13-19(4,16)17/h8-9,13H,5-7H2,1-4H3,(H,12,15). The van der Waals surface area contributed by atoms with E-state index in [1.54, 1.807) is 6.92 Å². The number of carbonyl (C=O) groups excluding carboxylic acids is 2. The van der Waals surface area contributed by atoms with Gasteiger partial charge in [-0.05, 0) is 19.3 Å².